The molecule has 18 heavy (non-hydrogen) atoms. The van der Waals surface area contributed by atoms with Crippen molar-refractivity contribution >= 4 is 44.5 Å². The predicted octanol–water partition coefficient (Wildman–Crippen LogP) is 1.76. The smallest absolute Gasteiger partial charge is 0.235 e. The highest BCUT2D eigenvalue weighted by molar-refractivity contribution is 7.93. The SMILES string of the molecule is CC1CN(c2ccc(C(N)=S)cc2Cl)S(=O)(=O)C1. The Hall–Kier alpha value is -0.850. The number of sulfonamides is 1. The van der Waals surface area contributed by atoms with Crippen LogP contribution in [0.3, 0.4) is 0 Å². The maximum atomic E-state index is 12.0. The van der Waals surface area contributed by atoms with Crippen molar-refractivity contribution in [3.63, 3.8) is 0 Å². The monoisotopic (exact) mass is 304 g/mol. The summed E-state index contributed by atoms with van der Waals surface area (Å²) >= 11 is 11.0. The van der Waals surface area contributed by atoms with E-state index in [0.717, 1.165) is 0 Å². The Bertz CT molecular complexity index is 601. The number of hydrogen-bond donors (Lipinski definition) is 1. The summed E-state index contributed by atoms with van der Waals surface area (Å²) in [6.07, 6.45) is 0. The molecule has 0 amide bonds. The summed E-state index contributed by atoms with van der Waals surface area (Å²) in [7, 11) is -3.26. The Balaban J connectivity index is 2.44. The largest absolute Gasteiger partial charge is 0.389 e. The van der Waals surface area contributed by atoms with Crippen LogP contribution in [0.25, 0.3) is 0 Å². The number of rotatable bonds is 2. The van der Waals surface area contributed by atoms with Crippen LogP contribution >= 0.6 is 23.8 Å². The minimum absolute atomic E-state index is 0.0985. The Labute approximate surface area is 117 Å². The maximum absolute atomic E-state index is 12.0. The number of nitrogens with two attached hydrogens (primary N) is 1. The number of anilines is 1. The van der Waals surface area contributed by atoms with E-state index in [2.05, 4.69) is 0 Å². The molecule has 0 radical (unpaired) electrons. The van der Waals surface area contributed by atoms with E-state index < -0.39 is 10.0 Å². The summed E-state index contributed by atoms with van der Waals surface area (Å²) in [6, 6.07) is 4.92. The fourth-order valence-electron chi connectivity index (χ4n) is 2.01. The van der Waals surface area contributed by atoms with Crippen LogP contribution in [0.5, 0.6) is 0 Å². The molecule has 4 nitrogen and oxygen atoms in total. The molecule has 1 aromatic carbocycles. The van der Waals surface area contributed by atoms with Crippen LogP contribution < -0.4 is 10.0 Å². The van der Waals surface area contributed by atoms with Gasteiger partial charge in [-0.25, -0.2) is 8.42 Å². The summed E-state index contributed by atoms with van der Waals surface area (Å²) in [5.41, 5.74) is 6.62. The number of thiocarbonyl (C=S) groups is 1. The molecule has 0 spiro atoms. The van der Waals surface area contributed by atoms with Gasteiger partial charge in [-0.1, -0.05) is 30.7 Å². The second-order valence-corrected chi connectivity index (χ2v) is 7.23. The average Bonchev–Trinajstić information content (AvgIpc) is 2.51. The van der Waals surface area contributed by atoms with Crippen LogP contribution in [-0.4, -0.2) is 25.7 Å². The molecular weight excluding hydrogens is 292 g/mol. The predicted molar refractivity (Wildman–Crippen MR) is 77.6 cm³/mol. The van der Waals surface area contributed by atoms with Gasteiger partial charge in [0.1, 0.15) is 4.99 Å². The molecule has 1 aliphatic heterocycles. The van der Waals surface area contributed by atoms with Crippen molar-refractivity contribution in [1.29, 1.82) is 0 Å². The van der Waals surface area contributed by atoms with Gasteiger partial charge in [-0.2, -0.15) is 0 Å². The average molecular weight is 305 g/mol. The molecule has 2 rings (SSSR count). The molecule has 2 N–H and O–H groups in total. The first kappa shape index (κ1) is 13.6. The molecule has 1 heterocycles. The van der Waals surface area contributed by atoms with Crippen molar-refractivity contribution in [2.75, 3.05) is 16.6 Å². The van der Waals surface area contributed by atoms with Gasteiger partial charge in [0.05, 0.1) is 16.5 Å². The van der Waals surface area contributed by atoms with E-state index in [9.17, 15) is 8.42 Å². The maximum Gasteiger partial charge on any atom is 0.235 e. The zero-order valence-corrected chi connectivity index (χ0v) is 12.1. The Morgan fingerprint density at radius 2 is 2.22 bits per heavy atom. The Kier molecular flexibility index (Phi) is 3.53. The van der Waals surface area contributed by atoms with E-state index in [1.807, 2.05) is 6.92 Å². The number of hydrogen-bond acceptors (Lipinski definition) is 3. The van der Waals surface area contributed by atoms with Gasteiger partial charge in [0.15, 0.2) is 0 Å². The van der Waals surface area contributed by atoms with Crippen molar-refractivity contribution in [2.45, 2.75) is 6.92 Å². The van der Waals surface area contributed by atoms with Crippen molar-refractivity contribution in [3.05, 3.63) is 28.8 Å². The first-order valence-corrected chi connectivity index (χ1v) is 7.80. The fraction of sp³-hybridized carbons (Fsp3) is 0.364. The van der Waals surface area contributed by atoms with Gasteiger partial charge in [-0.15, -0.1) is 0 Å². The highest BCUT2D eigenvalue weighted by atomic mass is 35.5. The summed E-state index contributed by atoms with van der Waals surface area (Å²) in [5.74, 6) is 0.252. The molecule has 0 aliphatic carbocycles. The van der Waals surface area contributed by atoms with E-state index >= 15 is 0 Å². The molecule has 0 saturated carbocycles. The van der Waals surface area contributed by atoms with Crippen LogP contribution in [0.4, 0.5) is 5.69 Å². The Morgan fingerprint density at radius 1 is 1.56 bits per heavy atom. The highest BCUT2D eigenvalue weighted by Gasteiger charge is 2.34. The topological polar surface area (TPSA) is 63.4 Å². The molecule has 7 heteroatoms. The van der Waals surface area contributed by atoms with Crippen molar-refractivity contribution < 1.29 is 8.42 Å². The number of halogens is 1. The normalized spacial score (nSPS) is 22.1. The van der Waals surface area contributed by atoms with Gasteiger partial charge in [0.2, 0.25) is 10.0 Å². The van der Waals surface area contributed by atoms with Crippen LogP contribution in [-0.2, 0) is 10.0 Å². The lowest BCUT2D eigenvalue weighted by Gasteiger charge is -2.19. The molecule has 1 aliphatic rings. The Morgan fingerprint density at radius 3 is 2.67 bits per heavy atom. The molecular formula is C11H13ClN2O2S2. The van der Waals surface area contributed by atoms with Crippen LogP contribution in [0.1, 0.15) is 12.5 Å². The van der Waals surface area contributed by atoms with Gasteiger partial charge >= 0.3 is 0 Å². The van der Waals surface area contributed by atoms with E-state index in [4.69, 9.17) is 29.6 Å². The molecule has 1 atom stereocenters. The molecule has 1 fully saturated rings. The summed E-state index contributed by atoms with van der Waals surface area (Å²) in [6.45, 7) is 2.35. The van der Waals surface area contributed by atoms with Crippen LogP contribution in [0.2, 0.25) is 5.02 Å². The number of benzene rings is 1. The standard InChI is InChI=1S/C11H13ClN2O2S2/c1-7-5-14(18(15,16)6-7)10-3-2-8(11(13)17)4-9(10)12/h2-4,7H,5-6H2,1H3,(H2,13,17). The van der Waals surface area contributed by atoms with Gasteiger partial charge < -0.3 is 5.73 Å². The first-order valence-electron chi connectivity index (χ1n) is 5.41. The van der Waals surface area contributed by atoms with Gasteiger partial charge in [0.25, 0.3) is 0 Å². The van der Waals surface area contributed by atoms with Gasteiger partial charge in [0, 0.05) is 12.1 Å². The molecule has 0 aromatic heterocycles. The summed E-state index contributed by atoms with van der Waals surface area (Å²) in [4.78, 5) is 0.237. The second-order valence-electron chi connectivity index (χ2n) is 4.45. The highest BCUT2D eigenvalue weighted by Crippen LogP contribution is 2.33. The fourth-order valence-corrected chi connectivity index (χ4v) is 4.41. The molecule has 98 valence electrons. The summed E-state index contributed by atoms with van der Waals surface area (Å²) in [5, 5.41) is 0.345. The third-order valence-corrected chi connectivity index (χ3v) is 5.36. The van der Waals surface area contributed by atoms with Crippen molar-refractivity contribution in [1.82, 2.24) is 0 Å². The summed E-state index contributed by atoms with van der Waals surface area (Å²) < 4.78 is 25.3. The minimum Gasteiger partial charge on any atom is -0.389 e. The van der Waals surface area contributed by atoms with Crippen molar-refractivity contribution in [2.24, 2.45) is 11.7 Å². The van der Waals surface area contributed by atoms with E-state index in [1.54, 1.807) is 18.2 Å². The van der Waals surface area contributed by atoms with E-state index in [0.29, 0.717) is 22.8 Å². The lowest BCUT2D eigenvalue weighted by atomic mass is 10.2. The third kappa shape index (κ3) is 2.46. The lowest BCUT2D eigenvalue weighted by Crippen LogP contribution is -2.25. The second kappa shape index (κ2) is 4.68. The van der Waals surface area contributed by atoms with Gasteiger partial charge in [-0.3, -0.25) is 4.31 Å². The molecule has 0 bridgehead atoms. The van der Waals surface area contributed by atoms with E-state index in [-0.39, 0.29) is 16.7 Å². The number of nitrogens with zero attached hydrogens (tertiary/aromatic N) is 1. The first-order chi connectivity index (χ1) is 8.31. The lowest BCUT2D eigenvalue weighted by molar-refractivity contribution is 0.598. The molecule has 1 unspecified atom stereocenters. The zero-order chi connectivity index (χ0) is 13.5. The third-order valence-electron chi connectivity index (χ3n) is 2.81. The van der Waals surface area contributed by atoms with Crippen LogP contribution in [0.15, 0.2) is 18.2 Å². The quantitative estimate of drug-likeness (QED) is 0.846. The van der Waals surface area contributed by atoms with Gasteiger partial charge in [-0.05, 0) is 24.1 Å². The van der Waals surface area contributed by atoms with Crippen molar-refractivity contribution in [3.8, 4) is 0 Å². The molecule has 1 saturated heterocycles. The zero-order valence-electron chi connectivity index (χ0n) is 9.76. The molecule has 1 aromatic rings. The van der Waals surface area contributed by atoms with Crippen LogP contribution in [0, 0.1) is 5.92 Å². The van der Waals surface area contributed by atoms with E-state index in [1.165, 1.54) is 4.31 Å². The minimum atomic E-state index is -3.26.